The van der Waals surface area contributed by atoms with Crippen molar-refractivity contribution in [3.63, 3.8) is 0 Å². The lowest BCUT2D eigenvalue weighted by atomic mass is 9.91. The van der Waals surface area contributed by atoms with Crippen LogP contribution >= 0.6 is 11.8 Å². The van der Waals surface area contributed by atoms with Crippen molar-refractivity contribution in [1.29, 1.82) is 0 Å². The van der Waals surface area contributed by atoms with Crippen molar-refractivity contribution in [2.45, 2.75) is 38.5 Å². The van der Waals surface area contributed by atoms with Gasteiger partial charge in [0.1, 0.15) is 0 Å². The van der Waals surface area contributed by atoms with Gasteiger partial charge in [-0.1, -0.05) is 19.3 Å². The van der Waals surface area contributed by atoms with Crippen molar-refractivity contribution in [3.8, 4) is 0 Å². The third kappa shape index (κ3) is 5.19. The molecule has 0 amide bonds. The fourth-order valence-electron chi connectivity index (χ4n) is 1.76. The summed E-state index contributed by atoms with van der Waals surface area (Å²) >= 11 is 1.81. The van der Waals surface area contributed by atoms with Crippen LogP contribution in [0.2, 0.25) is 0 Å². The quantitative estimate of drug-likeness (QED) is 0.696. The zero-order valence-electron chi connectivity index (χ0n) is 8.00. The van der Waals surface area contributed by atoms with Crippen molar-refractivity contribution in [3.05, 3.63) is 0 Å². The second-order valence-electron chi connectivity index (χ2n) is 3.72. The maximum Gasteiger partial charge on any atom is 0.304 e. The summed E-state index contributed by atoms with van der Waals surface area (Å²) < 4.78 is 0. The molecule has 0 atom stereocenters. The van der Waals surface area contributed by atoms with Gasteiger partial charge in [-0.3, -0.25) is 4.79 Å². The molecule has 13 heavy (non-hydrogen) atoms. The van der Waals surface area contributed by atoms with E-state index in [1.165, 1.54) is 37.9 Å². The van der Waals surface area contributed by atoms with E-state index in [4.69, 9.17) is 5.11 Å². The van der Waals surface area contributed by atoms with E-state index in [1.54, 1.807) is 0 Å². The first kappa shape index (κ1) is 10.9. The third-order valence-corrected chi connectivity index (χ3v) is 3.74. The lowest BCUT2D eigenvalue weighted by Crippen LogP contribution is -2.09. The topological polar surface area (TPSA) is 37.3 Å². The van der Waals surface area contributed by atoms with Crippen LogP contribution in [0.4, 0.5) is 0 Å². The summed E-state index contributed by atoms with van der Waals surface area (Å²) in [7, 11) is 0. The summed E-state index contributed by atoms with van der Waals surface area (Å²) in [5.74, 6) is 2.16. The van der Waals surface area contributed by atoms with Gasteiger partial charge in [0.25, 0.3) is 0 Å². The highest BCUT2D eigenvalue weighted by Gasteiger charge is 2.12. The Hall–Kier alpha value is -0.180. The predicted octanol–water partition coefficient (Wildman–Crippen LogP) is 2.77. The van der Waals surface area contributed by atoms with Gasteiger partial charge >= 0.3 is 5.97 Å². The van der Waals surface area contributed by atoms with Crippen LogP contribution < -0.4 is 0 Å². The zero-order valence-corrected chi connectivity index (χ0v) is 8.81. The summed E-state index contributed by atoms with van der Waals surface area (Å²) in [6, 6.07) is 0. The molecule has 0 spiro atoms. The Morgan fingerprint density at radius 2 is 2.00 bits per heavy atom. The van der Waals surface area contributed by atoms with Crippen molar-refractivity contribution in [2.75, 3.05) is 11.5 Å². The standard InChI is InChI=1S/C10H18O2S/c11-10(12)6-7-13-8-9-4-2-1-3-5-9/h9H,1-8H2,(H,11,12). The molecule has 0 aromatic rings. The van der Waals surface area contributed by atoms with Crippen molar-refractivity contribution < 1.29 is 9.90 Å². The number of thioether (sulfide) groups is 1. The number of carbonyl (C=O) groups is 1. The second-order valence-corrected chi connectivity index (χ2v) is 4.87. The average Bonchev–Trinajstić information content (AvgIpc) is 2.14. The van der Waals surface area contributed by atoms with Crippen LogP contribution in [0.3, 0.4) is 0 Å². The van der Waals surface area contributed by atoms with Gasteiger partial charge < -0.3 is 5.11 Å². The molecule has 0 unspecified atom stereocenters. The molecule has 0 aliphatic heterocycles. The highest BCUT2D eigenvalue weighted by molar-refractivity contribution is 7.99. The molecule has 1 fully saturated rings. The van der Waals surface area contributed by atoms with Crippen LogP contribution in [0.5, 0.6) is 0 Å². The van der Waals surface area contributed by atoms with Crippen LogP contribution in [-0.4, -0.2) is 22.6 Å². The van der Waals surface area contributed by atoms with Crippen LogP contribution in [0, 0.1) is 5.92 Å². The Kier molecular flexibility index (Phi) is 5.28. The average molecular weight is 202 g/mol. The van der Waals surface area contributed by atoms with Crippen LogP contribution in [-0.2, 0) is 4.79 Å². The fraction of sp³-hybridized carbons (Fsp3) is 0.900. The second kappa shape index (κ2) is 6.30. The van der Waals surface area contributed by atoms with Gasteiger partial charge in [0.05, 0.1) is 6.42 Å². The highest BCUT2D eigenvalue weighted by Crippen LogP contribution is 2.26. The first-order valence-electron chi connectivity index (χ1n) is 5.08. The van der Waals surface area contributed by atoms with Crippen LogP contribution in [0.15, 0.2) is 0 Å². The normalized spacial score (nSPS) is 18.8. The summed E-state index contributed by atoms with van der Waals surface area (Å²) in [6.45, 7) is 0. The van der Waals surface area contributed by atoms with Gasteiger partial charge in [-0.2, -0.15) is 11.8 Å². The Labute approximate surface area is 84.1 Å². The summed E-state index contributed by atoms with van der Waals surface area (Å²) in [6.07, 6.45) is 7.20. The zero-order chi connectivity index (χ0) is 9.52. The minimum absolute atomic E-state index is 0.317. The predicted molar refractivity (Wildman–Crippen MR) is 56.2 cm³/mol. The lowest BCUT2D eigenvalue weighted by molar-refractivity contribution is -0.136. The Morgan fingerprint density at radius 3 is 2.62 bits per heavy atom. The summed E-state index contributed by atoms with van der Waals surface area (Å²) in [5, 5.41) is 8.44. The van der Waals surface area contributed by atoms with Crippen molar-refractivity contribution in [2.24, 2.45) is 5.92 Å². The minimum Gasteiger partial charge on any atom is -0.481 e. The van der Waals surface area contributed by atoms with E-state index in [2.05, 4.69) is 0 Å². The first-order chi connectivity index (χ1) is 6.29. The van der Waals surface area contributed by atoms with E-state index < -0.39 is 5.97 Å². The van der Waals surface area contributed by atoms with Crippen molar-refractivity contribution >= 4 is 17.7 Å². The molecule has 1 aliphatic rings. The SMILES string of the molecule is O=C(O)CCSCC1CCCCC1. The largest absolute Gasteiger partial charge is 0.481 e. The number of hydrogen-bond acceptors (Lipinski definition) is 2. The molecule has 2 nitrogen and oxygen atoms in total. The molecular formula is C10H18O2S. The first-order valence-corrected chi connectivity index (χ1v) is 6.24. The third-order valence-electron chi connectivity index (χ3n) is 2.54. The Balaban J connectivity index is 1.95. The molecule has 3 heteroatoms. The van der Waals surface area contributed by atoms with Gasteiger partial charge in [0.15, 0.2) is 0 Å². The molecule has 0 radical (unpaired) electrons. The molecule has 0 aromatic heterocycles. The smallest absolute Gasteiger partial charge is 0.304 e. The number of carboxylic acids is 1. The van der Waals surface area contributed by atoms with E-state index >= 15 is 0 Å². The molecule has 0 heterocycles. The van der Waals surface area contributed by atoms with E-state index in [0.717, 1.165) is 11.7 Å². The van der Waals surface area contributed by atoms with E-state index in [1.807, 2.05) is 11.8 Å². The number of rotatable bonds is 5. The molecule has 76 valence electrons. The van der Waals surface area contributed by atoms with E-state index in [9.17, 15) is 4.79 Å². The Morgan fingerprint density at radius 1 is 1.31 bits per heavy atom. The van der Waals surface area contributed by atoms with Crippen LogP contribution in [0.1, 0.15) is 38.5 Å². The van der Waals surface area contributed by atoms with E-state index in [0.29, 0.717) is 6.42 Å². The monoisotopic (exact) mass is 202 g/mol. The maximum absolute atomic E-state index is 10.2. The number of aliphatic carboxylic acids is 1. The van der Waals surface area contributed by atoms with Gasteiger partial charge in [-0.15, -0.1) is 0 Å². The fourth-order valence-corrected chi connectivity index (χ4v) is 2.92. The highest BCUT2D eigenvalue weighted by atomic mass is 32.2. The molecule has 1 aliphatic carbocycles. The van der Waals surface area contributed by atoms with Gasteiger partial charge in [-0.25, -0.2) is 0 Å². The molecule has 0 aromatic carbocycles. The maximum atomic E-state index is 10.2. The summed E-state index contributed by atoms with van der Waals surface area (Å²) in [4.78, 5) is 10.2. The molecule has 1 rings (SSSR count). The molecule has 0 bridgehead atoms. The number of carboxylic acid groups (broad SMARTS) is 1. The lowest BCUT2D eigenvalue weighted by Gasteiger charge is -2.20. The van der Waals surface area contributed by atoms with Crippen LogP contribution in [0.25, 0.3) is 0 Å². The van der Waals surface area contributed by atoms with Gasteiger partial charge in [-0.05, 0) is 24.5 Å². The van der Waals surface area contributed by atoms with Gasteiger partial charge in [0.2, 0.25) is 0 Å². The molecular weight excluding hydrogens is 184 g/mol. The van der Waals surface area contributed by atoms with E-state index in [-0.39, 0.29) is 0 Å². The molecule has 1 N–H and O–H groups in total. The summed E-state index contributed by atoms with van der Waals surface area (Å²) in [5.41, 5.74) is 0. The Bertz CT molecular complexity index is 153. The van der Waals surface area contributed by atoms with Crippen molar-refractivity contribution in [1.82, 2.24) is 0 Å². The molecule has 0 saturated heterocycles. The number of hydrogen-bond donors (Lipinski definition) is 1. The minimum atomic E-state index is -0.670. The van der Waals surface area contributed by atoms with Gasteiger partial charge in [0, 0.05) is 5.75 Å². The molecule has 1 saturated carbocycles.